The van der Waals surface area contributed by atoms with Gasteiger partial charge >= 0.3 is 0 Å². The third-order valence-electron chi connectivity index (χ3n) is 4.39. The molecular weight excluding hydrogens is 312 g/mol. The first-order valence-electron chi connectivity index (χ1n) is 7.94. The molecule has 1 amide bonds. The van der Waals surface area contributed by atoms with Gasteiger partial charge in [0, 0.05) is 43.3 Å². The van der Waals surface area contributed by atoms with E-state index < -0.39 is 0 Å². The smallest absolute Gasteiger partial charge is 0.230 e. The zero-order chi connectivity index (χ0) is 16.4. The number of carbonyl (C=O) groups excluding carboxylic acids is 1. The number of carbonyl (C=O) groups is 1. The Bertz CT molecular complexity index is 648. The summed E-state index contributed by atoms with van der Waals surface area (Å²) in [7, 11) is 0. The lowest BCUT2D eigenvalue weighted by molar-refractivity contribution is -0.132. The summed E-state index contributed by atoms with van der Waals surface area (Å²) in [5.74, 6) is 0.677. The van der Waals surface area contributed by atoms with Gasteiger partial charge in [-0.2, -0.15) is 0 Å². The lowest BCUT2D eigenvalue weighted by Crippen LogP contribution is -2.37. The number of aryl methyl sites for hydroxylation is 2. The number of nitrogens with zero attached hydrogens (tertiary/aromatic N) is 4. The Morgan fingerprint density at radius 2 is 2.13 bits per heavy atom. The standard InChI is InChI=1S/C16H22N4O2S/c1-11(14-12(2)18-22-13(14)3)15(21)19-6-4-7-20(9-8-19)16-17-5-10-23-16/h5,10-11H,4,6-9H2,1-3H3/t11-/m0/s1. The van der Waals surface area contributed by atoms with E-state index in [1.54, 1.807) is 11.3 Å². The lowest BCUT2D eigenvalue weighted by atomic mass is 9.98. The van der Waals surface area contributed by atoms with Gasteiger partial charge in [-0.3, -0.25) is 4.79 Å². The summed E-state index contributed by atoms with van der Waals surface area (Å²) in [5.41, 5.74) is 1.73. The van der Waals surface area contributed by atoms with Crippen molar-refractivity contribution in [3.05, 3.63) is 28.6 Å². The van der Waals surface area contributed by atoms with E-state index in [4.69, 9.17) is 4.52 Å². The van der Waals surface area contributed by atoms with Crippen molar-refractivity contribution in [1.29, 1.82) is 0 Å². The van der Waals surface area contributed by atoms with Crippen LogP contribution >= 0.6 is 11.3 Å². The highest BCUT2D eigenvalue weighted by molar-refractivity contribution is 7.13. The molecule has 0 spiro atoms. The topological polar surface area (TPSA) is 62.5 Å². The molecule has 2 aromatic heterocycles. The minimum atomic E-state index is -0.215. The summed E-state index contributed by atoms with van der Waals surface area (Å²) in [5, 5.41) is 7.00. The Labute approximate surface area is 140 Å². The molecule has 2 aromatic rings. The van der Waals surface area contributed by atoms with Crippen molar-refractivity contribution in [3.8, 4) is 0 Å². The molecule has 3 rings (SSSR count). The van der Waals surface area contributed by atoms with Gasteiger partial charge in [-0.15, -0.1) is 11.3 Å². The average molecular weight is 334 g/mol. The summed E-state index contributed by atoms with van der Waals surface area (Å²) in [6, 6.07) is 0. The second-order valence-electron chi connectivity index (χ2n) is 5.94. The van der Waals surface area contributed by atoms with Crippen molar-refractivity contribution in [3.63, 3.8) is 0 Å². The maximum Gasteiger partial charge on any atom is 0.230 e. The second-order valence-corrected chi connectivity index (χ2v) is 6.81. The number of thiazole rings is 1. The number of anilines is 1. The summed E-state index contributed by atoms with van der Waals surface area (Å²) in [4.78, 5) is 21.5. The van der Waals surface area contributed by atoms with Gasteiger partial charge in [0.2, 0.25) is 5.91 Å². The predicted molar refractivity (Wildman–Crippen MR) is 89.9 cm³/mol. The van der Waals surface area contributed by atoms with Gasteiger partial charge in [0.1, 0.15) is 5.76 Å². The van der Waals surface area contributed by atoms with Crippen LogP contribution in [0.4, 0.5) is 5.13 Å². The minimum absolute atomic E-state index is 0.153. The minimum Gasteiger partial charge on any atom is -0.361 e. The van der Waals surface area contributed by atoms with E-state index in [2.05, 4.69) is 15.0 Å². The van der Waals surface area contributed by atoms with Crippen molar-refractivity contribution in [2.45, 2.75) is 33.1 Å². The summed E-state index contributed by atoms with van der Waals surface area (Å²) >= 11 is 1.65. The lowest BCUT2D eigenvalue weighted by Gasteiger charge is -2.24. The van der Waals surface area contributed by atoms with Crippen LogP contribution < -0.4 is 4.90 Å². The van der Waals surface area contributed by atoms with Gasteiger partial charge in [-0.05, 0) is 27.2 Å². The molecule has 1 fully saturated rings. The molecule has 0 N–H and O–H groups in total. The van der Waals surface area contributed by atoms with Crippen LogP contribution in [0.1, 0.15) is 36.3 Å². The molecule has 1 saturated heterocycles. The highest BCUT2D eigenvalue weighted by atomic mass is 32.1. The van der Waals surface area contributed by atoms with Crippen LogP contribution in [-0.2, 0) is 4.79 Å². The highest BCUT2D eigenvalue weighted by Crippen LogP contribution is 2.26. The van der Waals surface area contributed by atoms with Crippen molar-refractivity contribution in [2.24, 2.45) is 0 Å². The third kappa shape index (κ3) is 3.24. The Morgan fingerprint density at radius 3 is 2.78 bits per heavy atom. The molecular formula is C16H22N4O2S. The molecule has 0 bridgehead atoms. The fourth-order valence-corrected chi connectivity index (χ4v) is 3.90. The fourth-order valence-electron chi connectivity index (χ4n) is 3.21. The Morgan fingerprint density at radius 1 is 1.30 bits per heavy atom. The summed E-state index contributed by atoms with van der Waals surface area (Å²) in [6.45, 7) is 8.98. The second kappa shape index (κ2) is 6.70. The highest BCUT2D eigenvalue weighted by Gasteiger charge is 2.28. The van der Waals surface area contributed by atoms with Gasteiger partial charge in [0.05, 0.1) is 11.6 Å². The molecule has 3 heterocycles. The molecule has 23 heavy (non-hydrogen) atoms. The van der Waals surface area contributed by atoms with E-state index in [1.165, 1.54) is 0 Å². The van der Waals surface area contributed by atoms with E-state index in [0.29, 0.717) is 0 Å². The Kier molecular flexibility index (Phi) is 4.66. The number of amides is 1. The molecule has 0 saturated carbocycles. The van der Waals surface area contributed by atoms with Crippen molar-refractivity contribution < 1.29 is 9.32 Å². The monoisotopic (exact) mass is 334 g/mol. The van der Waals surface area contributed by atoms with Crippen LogP contribution in [0.3, 0.4) is 0 Å². The van der Waals surface area contributed by atoms with Crippen LogP contribution in [0.2, 0.25) is 0 Å². The van der Waals surface area contributed by atoms with E-state index in [1.807, 2.05) is 37.2 Å². The zero-order valence-corrected chi connectivity index (χ0v) is 14.6. The van der Waals surface area contributed by atoms with Crippen LogP contribution in [0.15, 0.2) is 16.1 Å². The van der Waals surface area contributed by atoms with Gasteiger partial charge in [0.15, 0.2) is 5.13 Å². The molecule has 1 aliphatic rings. The van der Waals surface area contributed by atoms with Crippen molar-refractivity contribution in [1.82, 2.24) is 15.0 Å². The molecule has 1 aliphatic heterocycles. The van der Waals surface area contributed by atoms with Crippen LogP contribution in [0.5, 0.6) is 0 Å². The zero-order valence-electron chi connectivity index (χ0n) is 13.8. The molecule has 0 aliphatic carbocycles. The van der Waals surface area contributed by atoms with Crippen LogP contribution in [0, 0.1) is 13.8 Å². The molecule has 124 valence electrons. The van der Waals surface area contributed by atoms with Crippen molar-refractivity contribution >= 4 is 22.4 Å². The van der Waals surface area contributed by atoms with Crippen LogP contribution in [-0.4, -0.2) is 47.1 Å². The van der Waals surface area contributed by atoms with E-state index in [0.717, 1.165) is 54.7 Å². The summed E-state index contributed by atoms with van der Waals surface area (Å²) in [6.07, 6.45) is 2.78. The van der Waals surface area contributed by atoms with E-state index >= 15 is 0 Å². The quantitative estimate of drug-likeness (QED) is 0.863. The molecule has 7 heteroatoms. The predicted octanol–water partition coefficient (Wildman–Crippen LogP) is 2.59. The average Bonchev–Trinajstić information content (AvgIpc) is 3.10. The Balaban J connectivity index is 1.68. The molecule has 0 aromatic carbocycles. The van der Waals surface area contributed by atoms with E-state index in [9.17, 15) is 4.79 Å². The first-order valence-corrected chi connectivity index (χ1v) is 8.82. The molecule has 1 atom stereocenters. The SMILES string of the molecule is Cc1noc(C)c1[C@H](C)C(=O)N1CCCN(c2nccs2)CC1. The largest absolute Gasteiger partial charge is 0.361 e. The third-order valence-corrected chi connectivity index (χ3v) is 5.22. The van der Waals surface area contributed by atoms with Gasteiger partial charge < -0.3 is 14.3 Å². The fraction of sp³-hybridized carbons (Fsp3) is 0.562. The number of hydrogen-bond donors (Lipinski definition) is 0. The van der Waals surface area contributed by atoms with Gasteiger partial charge in [-0.1, -0.05) is 5.16 Å². The van der Waals surface area contributed by atoms with E-state index in [-0.39, 0.29) is 11.8 Å². The first kappa shape index (κ1) is 16.0. The first-order chi connectivity index (χ1) is 11.1. The normalized spacial score (nSPS) is 17.2. The molecule has 0 radical (unpaired) electrons. The summed E-state index contributed by atoms with van der Waals surface area (Å²) < 4.78 is 5.21. The number of hydrogen-bond acceptors (Lipinski definition) is 6. The number of aromatic nitrogens is 2. The Hall–Kier alpha value is -1.89. The van der Waals surface area contributed by atoms with Gasteiger partial charge in [-0.25, -0.2) is 4.98 Å². The molecule has 6 nitrogen and oxygen atoms in total. The van der Waals surface area contributed by atoms with Crippen molar-refractivity contribution in [2.75, 3.05) is 31.1 Å². The number of rotatable bonds is 3. The maximum atomic E-state index is 12.9. The molecule has 0 unspecified atom stereocenters. The van der Waals surface area contributed by atoms with Gasteiger partial charge in [0.25, 0.3) is 0 Å². The van der Waals surface area contributed by atoms with Crippen LogP contribution in [0.25, 0.3) is 0 Å². The maximum absolute atomic E-state index is 12.9.